The van der Waals surface area contributed by atoms with E-state index in [0.29, 0.717) is 5.56 Å². The Morgan fingerprint density at radius 3 is 1.02 bits per heavy atom. The molecule has 0 amide bonds. The molecule has 0 saturated carbocycles. The Labute approximate surface area is 294 Å². The number of nitrogens with zero attached hydrogens (tertiary/aromatic N) is 3. The van der Waals surface area contributed by atoms with Crippen LogP contribution in [-0.2, 0) is 0 Å². The van der Waals surface area contributed by atoms with Crippen molar-refractivity contribution in [2.24, 2.45) is 0 Å². The second-order valence-electron chi connectivity index (χ2n) is 11.8. The van der Waals surface area contributed by atoms with Gasteiger partial charge in [0, 0.05) is 53.6 Å². The topological polar surface area (TPSA) is 26.8 Å². The van der Waals surface area contributed by atoms with Gasteiger partial charge in [-0.15, -0.1) is 0 Å². The van der Waals surface area contributed by atoms with Crippen LogP contribution in [0.2, 0.25) is 0 Å². The number of hydrogen-bond donors (Lipinski definition) is 0. The first-order valence-corrected chi connectivity index (χ1v) is 17.8. The van der Waals surface area contributed by atoms with Gasteiger partial charge in [0.05, 0.1) is 22.7 Å². The molecule has 0 N–H and O–H groups in total. The third-order valence-corrected chi connectivity index (χ3v) is 11.1. The molecule has 0 radical (unpaired) electrons. The Bertz CT molecular complexity index is 2090. The standard InChI is InChI=1S/C43H29N3OS2/c47-29-30-17-19-31(20-18-30)44(32-21-25-34(26-22-32)45-36-9-1-5-13-40(36)48-41-14-6-2-10-37(41)45)33-23-27-35(28-24-33)46-38-11-3-7-15-42(38)49-43-16-8-4-12-39(43)46/h1-29H. The van der Waals surface area contributed by atoms with Crippen molar-refractivity contribution in [3.63, 3.8) is 0 Å². The molecule has 0 aliphatic carbocycles. The van der Waals surface area contributed by atoms with Gasteiger partial charge >= 0.3 is 0 Å². The minimum atomic E-state index is 0.648. The third-order valence-electron chi connectivity index (χ3n) is 8.88. The summed E-state index contributed by atoms with van der Waals surface area (Å²) >= 11 is 3.62. The van der Waals surface area contributed by atoms with Gasteiger partial charge in [0.1, 0.15) is 6.29 Å². The maximum absolute atomic E-state index is 11.5. The van der Waals surface area contributed by atoms with Gasteiger partial charge < -0.3 is 14.7 Å². The summed E-state index contributed by atoms with van der Waals surface area (Å²) in [4.78, 5) is 23.4. The molecule has 0 bridgehead atoms. The van der Waals surface area contributed by atoms with Crippen molar-refractivity contribution >= 4 is 81.0 Å². The van der Waals surface area contributed by atoms with E-state index in [9.17, 15) is 4.79 Å². The Hall–Kier alpha value is -5.69. The van der Waals surface area contributed by atoms with E-state index < -0.39 is 0 Å². The Balaban J connectivity index is 1.11. The van der Waals surface area contributed by atoms with E-state index in [2.05, 4.69) is 160 Å². The minimum Gasteiger partial charge on any atom is -0.311 e. The number of rotatable bonds is 6. The average molecular weight is 668 g/mol. The minimum absolute atomic E-state index is 0.648. The smallest absolute Gasteiger partial charge is 0.150 e. The lowest BCUT2D eigenvalue weighted by Gasteiger charge is -2.34. The first-order chi connectivity index (χ1) is 24.2. The van der Waals surface area contributed by atoms with Crippen LogP contribution in [0.25, 0.3) is 0 Å². The molecule has 2 aliphatic heterocycles. The summed E-state index contributed by atoms with van der Waals surface area (Å²) in [6.07, 6.45) is 0.886. The molecule has 7 aromatic carbocycles. The van der Waals surface area contributed by atoms with Gasteiger partial charge in [0.15, 0.2) is 0 Å². The number of anilines is 9. The van der Waals surface area contributed by atoms with Crippen molar-refractivity contribution in [2.75, 3.05) is 14.7 Å². The molecule has 0 fully saturated rings. The lowest BCUT2D eigenvalue weighted by Crippen LogP contribution is -2.16. The monoisotopic (exact) mass is 667 g/mol. The quantitative estimate of drug-likeness (QED) is 0.164. The first-order valence-electron chi connectivity index (χ1n) is 16.1. The van der Waals surface area contributed by atoms with Gasteiger partial charge in [-0.25, -0.2) is 0 Å². The second-order valence-corrected chi connectivity index (χ2v) is 14.0. The maximum Gasteiger partial charge on any atom is 0.150 e. The molecule has 0 unspecified atom stereocenters. The zero-order valence-electron chi connectivity index (χ0n) is 26.3. The molecule has 49 heavy (non-hydrogen) atoms. The Morgan fingerprint density at radius 1 is 0.388 bits per heavy atom. The van der Waals surface area contributed by atoms with Crippen molar-refractivity contribution in [1.29, 1.82) is 0 Å². The first kappa shape index (κ1) is 29.4. The number of carbonyl (C=O) groups excluding carboxylic acids is 1. The SMILES string of the molecule is O=Cc1ccc(N(c2ccc(N3c4ccccc4Sc4ccccc43)cc2)c2ccc(N3c4ccccc4Sc4ccccc43)cc2)cc1. The van der Waals surface area contributed by atoms with E-state index in [1.165, 1.54) is 42.3 Å². The molecule has 7 aromatic rings. The van der Waals surface area contributed by atoms with Gasteiger partial charge in [-0.1, -0.05) is 72.1 Å². The van der Waals surface area contributed by atoms with Crippen molar-refractivity contribution < 1.29 is 4.79 Å². The van der Waals surface area contributed by atoms with Crippen LogP contribution in [0.5, 0.6) is 0 Å². The lowest BCUT2D eigenvalue weighted by molar-refractivity contribution is 0.112. The van der Waals surface area contributed by atoms with Crippen LogP contribution < -0.4 is 14.7 Å². The number of carbonyl (C=O) groups is 1. The summed E-state index contributed by atoms with van der Waals surface area (Å²) in [6.45, 7) is 0. The maximum atomic E-state index is 11.5. The highest BCUT2D eigenvalue weighted by molar-refractivity contribution is 8.00. The van der Waals surface area contributed by atoms with E-state index in [0.717, 1.165) is 34.7 Å². The number of hydrogen-bond acceptors (Lipinski definition) is 6. The highest BCUT2D eigenvalue weighted by Gasteiger charge is 2.26. The molecular formula is C43H29N3OS2. The highest BCUT2D eigenvalue weighted by Crippen LogP contribution is 2.53. The van der Waals surface area contributed by atoms with Gasteiger partial charge in [-0.2, -0.15) is 0 Å². The lowest BCUT2D eigenvalue weighted by atomic mass is 10.1. The normalized spacial score (nSPS) is 12.7. The second kappa shape index (κ2) is 12.4. The summed E-state index contributed by atoms with van der Waals surface area (Å²) < 4.78 is 0. The third kappa shape index (κ3) is 5.26. The van der Waals surface area contributed by atoms with Crippen LogP contribution in [0.1, 0.15) is 10.4 Å². The fourth-order valence-corrected chi connectivity index (χ4v) is 8.73. The van der Waals surface area contributed by atoms with Crippen molar-refractivity contribution in [2.45, 2.75) is 19.6 Å². The van der Waals surface area contributed by atoms with Crippen LogP contribution in [0, 0.1) is 0 Å². The molecule has 234 valence electrons. The van der Waals surface area contributed by atoms with Crippen molar-refractivity contribution in [1.82, 2.24) is 0 Å². The summed E-state index contributed by atoms with van der Waals surface area (Å²) in [5.74, 6) is 0. The van der Waals surface area contributed by atoms with E-state index in [1.807, 2.05) is 47.8 Å². The number of benzene rings is 7. The van der Waals surface area contributed by atoms with Crippen molar-refractivity contribution in [3.8, 4) is 0 Å². The predicted octanol–water partition coefficient (Wildman–Crippen LogP) is 12.8. The molecule has 2 heterocycles. The zero-order chi connectivity index (χ0) is 32.7. The van der Waals surface area contributed by atoms with Crippen LogP contribution in [0.4, 0.5) is 51.2 Å². The summed E-state index contributed by atoms with van der Waals surface area (Å²) in [5, 5.41) is 0. The molecule has 0 aromatic heterocycles. The van der Waals surface area contributed by atoms with Gasteiger partial charge in [-0.3, -0.25) is 4.79 Å². The fourth-order valence-electron chi connectivity index (χ4n) is 6.62. The molecular weight excluding hydrogens is 639 g/mol. The molecule has 4 nitrogen and oxygen atoms in total. The molecule has 0 atom stereocenters. The van der Waals surface area contributed by atoms with E-state index >= 15 is 0 Å². The molecule has 2 aliphatic rings. The van der Waals surface area contributed by atoms with Gasteiger partial charge in [0.2, 0.25) is 0 Å². The summed E-state index contributed by atoms with van der Waals surface area (Å²) in [5.41, 5.74) is 10.6. The van der Waals surface area contributed by atoms with Crippen LogP contribution in [-0.4, -0.2) is 6.29 Å². The zero-order valence-corrected chi connectivity index (χ0v) is 27.9. The molecule has 6 heteroatoms. The highest BCUT2D eigenvalue weighted by atomic mass is 32.2. The van der Waals surface area contributed by atoms with Crippen LogP contribution in [0.15, 0.2) is 189 Å². The summed E-state index contributed by atoms with van der Waals surface area (Å²) in [7, 11) is 0. The number of aldehydes is 1. The molecule has 0 saturated heterocycles. The fraction of sp³-hybridized carbons (Fsp3) is 0. The van der Waals surface area contributed by atoms with Crippen molar-refractivity contribution in [3.05, 3.63) is 175 Å². The summed E-state index contributed by atoms with van der Waals surface area (Å²) in [6, 6.07) is 59.5. The molecule has 9 rings (SSSR count). The van der Waals surface area contributed by atoms with Crippen LogP contribution >= 0.6 is 23.5 Å². The Morgan fingerprint density at radius 2 is 0.694 bits per heavy atom. The van der Waals surface area contributed by atoms with E-state index in [4.69, 9.17) is 0 Å². The number of para-hydroxylation sites is 4. The predicted molar refractivity (Wildman–Crippen MR) is 204 cm³/mol. The molecule has 0 spiro atoms. The average Bonchev–Trinajstić information content (AvgIpc) is 3.17. The largest absolute Gasteiger partial charge is 0.311 e. The van der Waals surface area contributed by atoms with Gasteiger partial charge in [0.25, 0.3) is 0 Å². The van der Waals surface area contributed by atoms with E-state index in [-0.39, 0.29) is 0 Å². The van der Waals surface area contributed by atoms with E-state index in [1.54, 1.807) is 0 Å². The Kier molecular flexibility index (Phi) is 7.45. The number of fused-ring (bicyclic) bond motifs is 4. The van der Waals surface area contributed by atoms with Gasteiger partial charge in [-0.05, 0) is 121 Å². The van der Waals surface area contributed by atoms with Crippen LogP contribution in [0.3, 0.4) is 0 Å².